The number of hydrogen-bond donors (Lipinski definition) is 2. The van der Waals surface area contributed by atoms with Gasteiger partial charge in [0.15, 0.2) is 0 Å². The summed E-state index contributed by atoms with van der Waals surface area (Å²) in [5.41, 5.74) is 7.53. The van der Waals surface area contributed by atoms with Crippen LogP contribution in [0.4, 0.5) is 0 Å². The second-order valence-corrected chi connectivity index (χ2v) is 6.69. The van der Waals surface area contributed by atoms with Crippen LogP contribution in [0, 0.1) is 0 Å². The second-order valence-electron chi connectivity index (χ2n) is 6.28. The lowest BCUT2D eigenvalue weighted by molar-refractivity contribution is 0.935. The van der Waals surface area contributed by atoms with E-state index in [4.69, 9.17) is 12.2 Å². The summed E-state index contributed by atoms with van der Waals surface area (Å²) in [6.07, 6.45) is 3.46. The van der Waals surface area contributed by atoms with E-state index < -0.39 is 0 Å². The van der Waals surface area contributed by atoms with Gasteiger partial charge in [-0.2, -0.15) is 10.2 Å². The molecule has 0 radical (unpaired) electrons. The Kier molecular flexibility index (Phi) is 5.36. The maximum atomic E-state index is 5.19. The SMILES string of the molecule is S=C(NN=Cc1ccc2ccccc2c1)NN=Cc1ccc2ccccc2c1. The zero-order chi connectivity index (χ0) is 19.2. The summed E-state index contributed by atoms with van der Waals surface area (Å²) in [6, 6.07) is 28.8. The molecule has 2 N–H and O–H groups in total. The van der Waals surface area contributed by atoms with Gasteiger partial charge < -0.3 is 0 Å². The number of hydrogen-bond acceptors (Lipinski definition) is 3. The van der Waals surface area contributed by atoms with E-state index in [-0.39, 0.29) is 0 Å². The predicted molar refractivity (Wildman–Crippen MR) is 122 cm³/mol. The quantitative estimate of drug-likeness (QED) is 0.302. The van der Waals surface area contributed by atoms with Crippen LogP contribution in [0.5, 0.6) is 0 Å². The van der Waals surface area contributed by atoms with Crippen LogP contribution < -0.4 is 10.9 Å². The van der Waals surface area contributed by atoms with E-state index in [1.165, 1.54) is 21.5 Å². The molecule has 0 heterocycles. The van der Waals surface area contributed by atoms with Crippen LogP contribution in [0.2, 0.25) is 0 Å². The van der Waals surface area contributed by atoms with Crippen molar-refractivity contribution in [1.29, 1.82) is 0 Å². The summed E-state index contributed by atoms with van der Waals surface area (Å²) in [5.74, 6) is 0. The van der Waals surface area contributed by atoms with Gasteiger partial charge in [-0.25, -0.2) is 0 Å². The highest BCUT2D eigenvalue weighted by atomic mass is 32.1. The van der Waals surface area contributed by atoms with E-state index in [2.05, 4.69) is 69.6 Å². The molecule has 4 aromatic carbocycles. The van der Waals surface area contributed by atoms with Crippen molar-refractivity contribution < 1.29 is 0 Å². The predicted octanol–water partition coefficient (Wildman–Crippen LogP) is 4.83. The van der Waals surface area contributed by atoms with Gasteiger partial charge in [0, 0.05) is 0 Å². The summed E-state index contributed by atoms with van der Waals surface area (Å²) in [4.78, 5) is 0. The second kappa shape index (κ2) is 8.41. The molecule has 0 aliphatic heterocycles. The van der Waals surface area contributed by atoms with Crippen molar-refractivity contribution in [2.45, 2.75) is 0 Å². The van der Waals surface area contributed by atoms with Crippen LogP contribution in [0.15, 0.2) is 95.1 Å². The molecule has 0 saturated carbocycles. The molecule has 0 aliphatic rings. The number of rotatable bonds is 4. The van der Waals surface area contributed by atoms with Crippen molar-refractivity contribution in [2.75, 3.05) is 0 Å². The van der Waals surface area contributed by atoms with Crippen LogP contribution in [0.1, 0.15) is 11.1 Å². The van der Waals surface area contributed by atoms with Crippen molar-refractivity contribution in [1.82, 2.24) is 10.9 Å². The first-order valence-electron chi connectivity index (χ1n) is 8.88. The molecule has 0 saturated heterocycles. The van der Waals surface area contributed by atoms with Crippen molar-refractivity contribution in [3.8, 4) is 0 Å². The fourth-order valence-electron chi connectivity index (χ4n) is 2.93. The Labute approximate surface area is 168 Å². The Hall–Kier alpha value is -3.57. The van der Waals surface area contributed by atoms with Gasteiger partial charge in [0.05, 0.1) is 12.4 Å². The van der Waals surface area contributed by atoms with Gasteiger partial charge in [0.25, 0.3) is 0 Å². The van der Waals surface area contributed by atoms with E-state index in [0.717, 1.165) is 11.1 Å². The highest BCUT2D eigenvalue weighted by Gasteiger charge is 1.95. The van der Waals surface area contributed by atoms with E-state index in [9.17, 15) is 0 Å². The van der Waals surface area contributed by atoms with E-state index in [1.807, 2.05) is 36.4 Å². The fourth-order valence-corrected chi connectivity index (χ4v) is 3.04. The Morgan fingerprint density at radius 1 is 0.607 bits per heavy atom. The van der Waals surface area contributed by atoms with Gasteiger partial charge in [-0.15, -0.1) is 0 Å². The number of fused-ring (bicyclic) bond motifs is 2. The first-order chi connectivity index (χ1) is 13.8. The molecule has 0 atom stereocenters. The minimum atomic E-state index is 0.328. The fraction of sp³-hybridized carbons (Fsp3) is 0. The largest absolute Gasteiger partial charge is 0.252 e. The van der Waals surface area contributed by atoms with Crippen LogP contribution in [0.25, 0.3) is 21.5 Å². The smallest absolute Gasteiger partial charge is 0.207 e. The summed E-state index contributed by atoms with van der Waals surface area (Å²) in [6.45, 7) is 0. The summed E-state index contributed by atoms with van der Waals surface area (Å²) >= 11 is 5.19. The van der Waals surface area contributed by atoms with Gasteiger partial charge in [-0.05, 0) is 57.0 Å². The normalized spacial score (nSPS) is 11.4. The minimum Gasteiger partial charge on any atom is -0.252 e. The first-order valence-corrected chi connectivity index (χ1v) is 9.28. The number of benzene rings is 4. The Morgan fingerprint density at radius 3 is 1.50 bits per heavy atom. The van der Waals surface area contributed by atoms with Crippen LogP contribution in [0.3, 0.4) is 0 Å². The average molecular weight is 382 g/mol. The van der Waals surface area contributed by atoms with Crippen molar-refractivity contribution in [3.63, 3.8) is 0 Å². The third kappa shape index (κ3) is 4.39. The zero-order valence-electron chi connectivity index (χ0n) is 15.0. The lowest BCUT2D eigenvalue weighted by Crippen LogP contribution is -2.28. The van der Waals surface area contributed by atoms with Crippen LogP contribution in [-0.2, 0) is 0 Å². The Morgan fingerprint density at radius 2 is 1.04 bits per heavy atom. The molecule has 136 valence electrons. The molecular weight excluding hydrogens is 364 g/mol. The summed E-state index contributed by atoms with van der Waals surface area (Å²) in [7, 11) is 0. The van der Waals surface area contributed by atoms with Crippen LogP contribution in [-0.4, -0.2) is 17.5 Å². The molecule has 0 spiro atoms. The molecule has 28 heavy (non-hydrogen) atoms. The molecule has 4 nitrogen and oxygen atoms in total. The summed E-state index contributed by atoms with van der Waals surface area (Å²) in [5, 5.41) is 13.4. The average Bonchev–Trinajstić information content (AvgIpc) is 2.73. The minimum absolute atomic E-state index is 0.328. The number of hydrazone groups is 2. The van der Waals surface area contributed by atoms with Gasteiger partial charge in [0.2, 0.25) is 5.11 Å². The molecule has 5 heteroatoms. The highest BCUT2D eigenvalue weighted by molar-refractivity contribution is 7.80. The molecule has 0 aliphatic carbocycles. The third-order valence-corrected chi connectivity index (χ3v) is 4.49. The van der Waals surface area contributed by atoms with E-state index in [0.29, 0.717) is 5.11 Å². The third-order valence-electron chi connectivity index (χ3n) is 4.31. The highest BCUT2D eigenvalue weighted by Crippen LogP contribution is 2.15. The van der Waals surface area contributed by atoms with Gasteiger partial charge in [-0.1, -0.05) is 72.8 Å². The lowest BCUT2D eigenvalue weighted by Gasteiger charge is -2.02. The standard InChI is InChI=1S/C23H18N4S/c28-23(26-24-15-17-9-11-19-5-1-3-7-21(19)13-17)27-25-16-18-10-12-20-6-2-4-8-22(20)14-18/h1-16H,(H2,26,27,28). The number of nitrogens with one attached hydrogen (secondary N) is 2. The summed E-state index contributed by atoms with van der Waals surface area (Å²) < 4.78 is 0. The Balaban J connectivity index is 1.33. The molecular formula is C23H18N4S. The van der Waals surface area contributed by atoms with Gasteiger partial charge in [0.1, 0.15) is 0 Å². The van der Waals surface area contributed by atoms with Crippen molar-refractivity contribution in [3.05, 3.63) is 96.1 Å². The van der Waals surface area contributed by atoms with Crippen molar-refractivity contribution >= 4 is 51.3 Å². The number of thiocarbonyl (C=S) groups is 1. The monoisotopic (exact) mass is 382 g/mol. The van der Waals surface area contributed by atoms with Crippen LogP contribution >= 0.6 is 12.2 Å². The molecule has 0 fully saturated rings. The maximum Gasteiger partial charge on any atom is 0.207 e. The van der Waals surface area contributed by atoms with E-state index in [1.54, 1.807) is 12.4 Å². The topological polar surface area (TPSA) is 48.8 Å². The lowest BCUT2D eigenvalue weighted by atomic mass is 10.1. The molecule has 4 aromatic rings. The first kappa shape index (κ1) is 17.8. The zero-order valence-corrected chi connectivity index (χ0v) is 15.9. The van der Waals surface area contributed by atoms with Gasteiger partial charge in [-0.3, -0.25) is 10.9 Å². The number of nitrogens with zero attached hydrogens (tertiary/aromatic N) is 2. The maximum absolute atomic E-state index is 5.19. The molecule has 0 amide bonds. The van der Waals surface area contributed by atoms with Crippen molar-refractivity contribution in [2.24, 2.45) is 10.2 Å². The molecule has 0 bridgehead atoms. The molecule has 0 unspecified atom stereocenters. The van der Waals surface area contributed by atoms with Gasteiger partial charge >= 0.3 is 0 Å². The molecule has 0 aromatic heterocycles. The molecule has 4 rings (SSSR count). The van der Waals surface area contributed by atoms with E-state index >= 15 is 0 Å². The Bertz CT molecular complexity index is 1100.